The first-order valence-electron chi connectivity index (χ1n) is 7.88. The summed E-state index contributed by atoms with van der Waals surface area (Å²) in [6.45, 7) is 12.3. The zero-order chi connectivity index (χ0) is 18.0. The molecule has 0 fully saturated rings. The van der Waals surface area contributed by atoms with Crippen molar-refractivity contribution in [2.45, 2.75) is 51.7 Å². The van der Waals surface area contributed by atoms with Gasteiger partial charge in [0.25, 0.3) is 0 Å². The number of halogens is 2. The molecule has 1 unspecified atom stereocenters. The third-order valence-electron chi connectivity index (χ3n) is 4.51. The number of hydrogen-bond acceptors (Lipinski definition) is 2. The van der Waals surface area contributed by atoms with Gasteiger partial charge in [-0.25, -0.2) is 0 Å². The van der Waals surface area contributed by atoms with Crippen LogP contribution in [0.25, 0.3) is 0 Å². The molecule has 0 saturated carbocycles. The first-order chi connectivity index (χ1) is 10.4. The summed E-state index contributed by atoms with van der Waals surface area (Å²) in [5, 5.41) is 10.6. The lowest BCUT2D eigenvalue weighted by Gasteiger charge is -2.41. The maximum atomic E-state index is 12.8. The Kier molecular flexibility index (Phi) is 7.34. The van der Waals surface area contributed by atoms with Crippen LogP contribution in [0.2, 0.25) is 5.02 Å². The zero-order valence-corrected chi connectivity index (χ0v) is 18.0. The summed E-state index contributed by atoms with van der Waals surface area (Å²) in [7, 11) is -1.02. The lowest BCUT2D eigenvalue weighted by molar-refractivity contribution is 0.129. The summed E-state index contributed by atoms with van der Waals surface area (Å²) in [6, 6.07) is 5.86. The molecule has 0 saturated heterocycles. The Balaban J connectivity index is 3.41. The second kappa shape index (κ2) is 7.99. The summed E-state index contributed by atoms with van der Waals surface area (Å²) in [6.07, 6.45) is 0. The van der Waals surface area contributed by atoms with E-state index in [-0.39, 0.29) is 23.2 Å². The second-order valence-electron chi connectivity index (χ2n) is 7.68. The van der Waals surface area contributed by atoms with Crippen molar-refractivity contribution >= 4 is 38.3 Å². The SMILES string of the molecule is CC(C)C(CO)[C@@](C)(C[S@@](=O)C(C)(C)C)c1ccc(Br)c(Cl)c1. The Hall–Kier alpha value is 0.1000. The lowest BCUT2D eigenvalue weighted by atomic mass is 9.69. The summed E-state index contributed by atoms with van der Waals surface area (Å²) in [5.74, 6) is 0.771. The van der Waals surface area contributed by atoms with Gasteiger partial charge in [0.1, 0.15) is 0 Å². The van der Waals surface area contributed by atoms with E-state index in [1.54, 1.807) is 0 Å². The van der Waals surface area contributed by atoms with E-state index in [2.05, 4.69) is 36.7 Å². The van der Waals surface area contributed by atoms with Crippen LogP contribution in [0.15, 0.2) is 22.7 Å². The van der Waals surface area contributed by atoms with Crippen LogP contribution in [0.4, 0.5) is 0 Å². The molecule has 1 aromatic carbocycles. The minimum atomic E-state index is -1.02. The fraction of sp³-hybridized carbons (Fsp3) is 0.667. The lowest BCUT2D eigenvalue weighted by Crippen LogP contribution is -2.44. The topological polar surface area (TPSA) is 37.3 Å². The van der Waals surface area contributed by atoms with Gasteiger partial charge in [0.15, 0.2) is 0 Å². The van der Waals surface area contributed by atoms with Crippen LogP contribution < -0.4 is 0 Å². The van der Waals surface area contributed by atoms with E-state index in [4.69, 9.17) is 11.6 Å². The molecule has 2 nitrogen and oxygen atoms in total. The molecule has 0 bridgehead atoms. The Bertz CT molecular complexity index is 569. The standard InChI is InChI=1S/C18H28BrClO2S/c1-12(2)14(10-21)18(6,11-23(22)17(3,4)5)13-7-8-15(19)16(20)9-13/h7-9,12,14,21H,10-11H2,1-6H3/t14?,18-,23+/m0/s1. The average Bonchev–Trinajstić information content (AvgIpc) is 2.40. The van der Waals surface area contributed by atoms with Crippen molar-refractivity contribution in [1.29, 1.82) is 0 Å². The second-order valence-corrected chi connectivity index (χ2v) is 11.1. The van der Waals surface area contributed by atoms with Crippen LogP contribution in [0.1, 0.15) is 47.1 Å². The maximum Gasteiger partial charge on any atom is 0.0551 e. The van der Waals surface area contributed by atoms with Crippen LogP contribution >= 0.6 is 27.5 Å². The quantitative estimate of drug-likeness (QED) is 0.685. The van der Waals surface area contributed by atoms with Crippen LogP contribution in [0.3, 0.4) is 0 Å². The molecule has 0 aromatic heterocycles. The van der Waals surface area contributed by atoms with Crippen molar-refractivity contribution in [2.75, 3.05) is 12.4 Å². The summed E-state index contributed by atoms with van der Waals surface area (Å²) in [5.41, 5.74) is 0.613. The Morgan fingerprint density at radius 1 is 1.26 bits per heavy atom. The van der Waals surface area contributed by atoms with Gasteiger partial charge in [-0.15, -0.1) is 0 Å². The zero-order valence-electron chi connectivity index (χ0n) is 14.8. The Labute approximate surface area is 156 Å². The van der Waals surface area contributed by atoms with Gasteiger partial charge in [0.05, 0.1) is 5.02 Å². The van der Waals surface area contributed by atoms with Gasteiger partial charge < -0.3 is 5.11 Å². The van der Waals surface area contributed by atoms with Crippen LogP contribution in [0, 0.1) is 11.8 Å². The summed E-state index contributed by atoms with van der Waals surface area (Å²) >= 11 is 9.71. The molecule has 0 heterocycles. The molecule has 0 aliphatic heterocycles. The van der Waals surface area contributed by atoms with Crippen molar-refractivity contribution in [3.63, 3.8) is 0 Å². The van der Waals surface area contributed by atoms with E-state index in [9.17, 15) is 9.32 Å². The molecule has 23 heavy (non-hydrogen) atoms. The minimum absolute atomic E-state index is 0.00559. The Morgan fingerprint density at radius 2 is 1.83 bits per heavy atom. The van der Waals surface area contributed by atoms with E-state index < -0.39 is 16.2 Å². The molecular formula is C18H28BrClO2S. The predicted molar refractivity (Wildman–Crippen MR) is 105 cm³/mol. The number of aliphatic hydroxyl groups is 1. The minimum Gasteiger partial charge on any atom is -0.396 e. The molecule has 0 amide bonds. The highest BCUT2D eigenvalue weighted by Gasteiger charge is 2.41. The summed E-state index contributed by atoms with van der Waals surface area (Å²) in [4.78, 5) is 0. The number of hydrogen-bond donors (Lipinski definition) is 1. The maximum absolute atomic E-state index is 12.8. The van der Waals surface area contributed by atoms with Gasteiger partial charge >= 0.3 is 0 Å². The van der Waals surface area contributed by atoms with E-state index in [1.807, 2.05) is 39.0 Å². The van der Waals surface area contributed by atoms with Gasteiger partial charge in [-0.05, 0) is 66.2 Å². The van der Waals surface area contributed by atoms with Crippen LogP contribution in [0.5, 0.6) is 0 Å². The molecule has 3 atom stereocenters. The molecular weight excluding hydrogens is 396 g/mol. The molecule has 0 spiro atoms. The van der Waals surface area contributed by atoms with E-state index in [1.165, 1.54) is 0 Å². The van der Waals surface area contributed by atoms with Crippen molar-refractivity contribution in [3.05, 3.63) is 33.3 Å². The molecule has 0 radical (unpaired) electrons. The molecule has 0 aliphatic carbocycles. The molecule has 5 heteroatoms. The number of aliphatic hydroxyl groups excluding tert-OH is 1. The number of rotatable bonds is 6. The third kappa shape index (κ3) is 5.04. The average molecular weight is 424 g/mol. The van der Waals surface area contributed by atoms with Gasteiger partial charge in [-0.2, -0.15) is 0 Å². The largest absolute Gasteiger partial charge is 0.396 e. The fourth-order valence-corrected chi connectivity index (χ4v) is 4.68. The normalized spacial score (nSPS) is 17.8. The fourth-order valence-electron chi connectivity index (χ4n) is 2.89. The van der Waals surface area contributed by atoms with Crippen LogP contribution in [-0.2, 0) is 16.2 Å². The molecule has 132 valence electrons. The first kappa shape index (κ1) is 21.1. The van der Waals surface area contributed by atoms with Crippen LogP contribution in [-0.4, -0.2) is 26.4 Å². The molecule has 0 aliphatic rings. The smallest absolute Gasteiger partial charge is 0.0551 e. The van der Waals surface area contributed by atoms with Gasteiger partial charge in [-0.1, -0.05) is 38.4 Å². The summed E-state index contributed by atoms with van der Waals surface area (Å²) < 4.78 is 13.4. The number of benzene rings is 1. The van der Waals surface area contributed by atoms with Crippen molar-refractivity contribution < 1.29 is 9.32 Å². The molecule has 1 aromatic rings. The third-order valence-corrected chi connectivity index (χ3v) is 7.97. The van der Waals surface area contributed by atoms with Gasteiger partial charge in [0.2, 0.25) is 0 Å². The highest BCUT2D eigenvalue weighted by atomic mass is 79.9. The highest BCUT2D eigenvalue weighted by molar-refractivity contribution is 9.10. The Morgan fingerprint density at radius 3 is 2.22 bits per heavy atom. The van der Waals surface area contributed by atoms with Crippen molar-refractivity contribution in [2.24, 2.45) is 11.8 Å². The van der Waals surface area contributed by atoms with Crippen molar-refractivity contribution in [1.82, 2.24) is 0 Å². The molecule has 1 N–H and O–H groups in total. The highest BCUT2D eigenvalue weighted by Crippen LogP contribution is 2.40. The first-order valence-corrected chi connectivity index (χ1v) is 10.4. The van der Waals surface area contributed by atoms with E-state index in [0.717, 1.165) is 10.0 Å². The monoisotopic (exact) mass is 422 g/mol. The van der Waals surface area contributed by atoms with E-state index >= 15 is 0 Å². The van der Waals surface area contributed by atoms with Gasteiger partial charge in [-0.3, -0.25) is 4.21 Å². The van der Waals surface area contributed by atoms with E-state index in [0.29, 0.717) is 10.8 Å². The van der Waals surface area contributed by atoms with Gasteiger partial charge in [0, 0.05) is 37.8 Å². The van der Waals surface area contributed by atoms with Crippen molar-refractivity contribution in [3.8, 4) is 0 Å². The predicted octanol–water partition coefficient (Wildman–Crippen LogP) is 5.17. The molecule has 1 rings (SSSR count).